The molecule has 80 valence electrons. The maximum atomic E-state index is 4.37. The van der Waals surface area contributed by atoms with Gasteiger partial charge in [0.1, 0.15) is 5.01 Å². The molecule has 2 rings (SSSR count). The molecule has 0 aliphatic rings. The van der Waals surface area contributed by atoms with E-state index in [9.17, 15) is 0 Å². The van der Waals surface area contributed by atoms with Crippen LogP contribution < -0.4 is 5.32 Å². The van der Waals surface area contributed by atoms with Crippen molar-refractivity contribution in [3.63, 3.8) is 0 Å². The predicted octanol–water partition coefficient (Wildman–Crippen LogP) is 3.02. The molecule has 2 nitrogen and oxygen atoms in total. The lowest BCUT2D eigenvalue weighted by Gasteiger charge is -2.12. The van der Waals surface area contributed by atoms with Crippen molar-refractivity contribution >= 4 is 11.3 Å². The minimum atomic E-state index is 0.332. The summed E-state index contributed by atoms with van der Waals surface area (Å²) in [5, 5.41) is 4.63. The summed E-state index contributed by atoms with van der Waals surface area (Å²) in [6.45, 7) is 5.15. The van der Waals surface area contributed by atoms with Gasteiger partial charge < -0.3 is 5.32 Å². The largest absolute Gasteiger partial charge is 0.316 e. The van der Waals surface area contributed by atoms with Crippen molar-refractivity contribution in [1.82, 2.24) is 10.3 Å². The van der Waals surface area contributed by atoms with E-state index in [1.807, 2.05) is 6.20 Å². The smallest absolute Gasteiger partial charge is 0.109 e. The van der Waals surface area contributed by atoms with E-state index in [0.717, 1.165) is 6.54 Å². The predicted molar refractivity (Wildman–Crippen MR) is 64.1 cm³/mol. The normalized spacial score (nSPS) is 12.9. The minimum absolute atomic E-state index is 0.332. The molecule has 0 amide bonds. The summed E-state index contributed by atoms with van der Waals surface area (Å²) in [7, 11) is 0. The van der Waals surface area contributed by atoms with Crippen molar-refractivity contribution in [2.24, 2.45) is 0 Å². The molecule has 0 saturated carbocycles. The molecule has 1 atom stereocenters. The van der Waals surface area contributed by atoms with Crippen molar-refractivity contribution in [3.05, 3.63) is 45.9 Å². The van der Waals surface area contributed by atoms with E-state index in [-0.39, 0.29) is 0 Å². The van der Waals surface area contributed by atoms with Gasteiger partial charge in [-0.3, -0.25) is 0 Å². The number of thiazole rings is 1. The van der Waals surface area contributed by atoms with E-state index in [1.165, 1.54) is 15.4 Å². The highest BCUT2D eigenvalue weighted by atomic mass is 32.1. The third-order valence-corrected chi connectivity index (χ3v) is 3.45. The van der Waals surface area contributed by atoms with E-state index < -0.39 is 0 Å². The van der Waals surface area contributed by atoms with Crippen LogP contribution >= 0.6 is 11.3 Å². The fourth-order valence-corrected chi connectivity index (χ4v) is 2.26. The zero-order valence-corrected chi connectivity index (χ0v) is 9.84. The highest BCUT2D eigenvalue weighted by Gasteiger charge is 2.06. The Morgan fingerprint density at radius 3 is 3.07 bits per heavy atom. The summed E-state index contributed by atoms with van der Waals surface area (Å²) in [6.07, 6.45) is 1.93. The van der Waals surface area contributed by atoms with Crippen molar-refractivity contribution < 1.29 is 0 Å². The lowest BCUT2D eigenvalue weighted by Crippen LogP contribution is -2.17. The summed E-state index contributed by atoms with van der Waals surface area (Å²) in [4.78, 5) is 5.64. The molecule has 0 aliphatic heterocycles. The molecule has 0 radical (unpaired) electrons. The zero-order valence-electron chi connectivity index (χ0n) is 9.03. The van der Waals surface area contributed by atoms with E-state index in [0.29, 0.717) is 6.04 Å². The van der Waals surface area contributed by atoms with Gasteiger partial charge in [0.25, 0.3) is 0 Å². The van der Waals surface area contributed by atoms with Crippen LogP contribution in [0.2, 0.25) is 0 Å². The molecule has 1 unspecified atom stereocenters. The fourth-order valence-electron chi connectivity index (χ4n) is 1.46. The third kappa shape index (κ3) is 2.70. The average molecular weight is 219 g/mol. The molecule has 1 heterocycles. The molecule has 0 spiro atoms. The summed E-state index contributed by atoms with van der Waals surface area (Å²) in [5.74, 6) is 0. The maximum Gasteiger partial charge on any atom is 0.109 e. The SMILES string of the molecule is Cc1cnc(C(C)NCc2cc[cH-]c2)s1. The number of aromatic nitrogens is 1. The van der Waals surface area contributed by atoms with Gasteiger partial charge in [-0.1, -0.05) is 0 Å². The molecule has 2 aromatic rings. The zero-order chi connectivity index (χ0) is 10.7. The van der Waals surface area contributed by atoms with Crippen LogP contribution in [-0.4, -0.2) is 4.98 Å². The molecule has 1 aromatic heterocycles. The van der Waals surface area contributed by atoms with Gasteiger partial charge >= 0.3 is 0 Å². The Morgan fingerprint density at radius 2 is 2.47 bits per heavy atom. The van der Waals surface area contributed by atoms with Crippen LogP contribution in [-0.2, 0) is 6.54 Å². The number of nitrogens with zero attached hydrogens (tertiary/aromatic N) is 1. The van der Waals surface area contributed by atoms with E-state index in [2.05, 4.69) is 48.4 Å². The van der Waals surface area contributed by atoms with Crippen LogP contribution in [0.25, 0.3) is 0 Å². The van der Waals surface area contributed by atoms with Crippen LogP contribution in [0.4, 0.5) is 0 Å². The Labute approximate surface area is 94.3 Å². The molecule has 0 fully saturated rings. The molecular formula is C12H15N2S-. The van der Waals surface area contributed by atoms with Gasteiger partial charge in [-0.15, -0.1) is 11.3 Å². The first kappa shape index (κ1) is 10.5. The second-order valence-electron chi connectivity index (χ2n) is 3.70. The number of aryl methyl sites for hydroxylation is 1. The summed E-state index contributed by atoms with van der Waals surface area (Å²) in [5.41, 5.74) is 1.33. The van der Waals surface area contributed by atoms with Crippen LogP contribution in [0, 0.1) is 6.92 Å². The van der Waals surface area contributed by atoms with E-state index >= 15 is 0 Å². The number of hydrogen-bond acceptors (Lipinski definition) is 3. The molecule has 1 N–H and O–H groups in total. The lowest BCUT2D eigenvalue weighted by atomic mass is 10.3. The van der Waals surface area contributed by atoms with Crippen LogP contribution in [0.5, 0.6) is 0 Å². The van der Waals surface area contributed by atoms with Crippen molar-refractivity contribution in [3.8, 4) is 0 Å². The third-order valence-electron chi connectivity index (χ3n) is 2.35. The minimum Gasteiger partial charge on any atom is -0.316 e. The molecule has 0 aliphatic carbocycles. The fraction of sp³-hybridized carbons (Fsp3) is 0.333. The Morgan fingerprint density at radius 1 is 1.60 bits per heavy atom. The molecular weight excluding hydrogens is 204 g/mol. The van der Waals surface area contributed by atoms with Crippen LogP contribution in [0.1, 0.15) is 28.4 Å². The van der Waals surface area contributed by atoms with Gasteiger partial charge in [-0.05, 0) is 20.4 Å². The second-order valence-corrected chi connectivity index (χ2v) is 4.97. The van der Waals surface area contributed by atoms with Gasteiger partial charge in [0.05, 0.1) is 6.04 Å². The Hall–Kier alpha value is -1.06. The monoisotopic (exact) mass is 219 g/mol. The number of rotatable bonds is 4. The summed E-state index contributed by atoms with van der Waals surface area (Å²) >= 11 is 1.76. The average Bonchev–Trinajstić information content (AvgIpc) is 2.84. The highest BCUT2D eigenvalue weighted by Crippen LogP contribution is 2.19. The number of nitrogens with one attached hydrogen (secondary N) is 1. The lowest BCUT2D eigenvalue weighted by molar-refractivity contribution is 0.572. The molecule has 0 saturated heterocycles. The summed E-state index contributed by atoms with van der Waals surface area (Å²) < 4.78 is 0. The Balaban J connectivity index is 1.90. The molecule has 1 aromatic carbocycles. The second kappa shape index (κ2) is 4.64. The van der Waals surface area contributed by atoms with Crippen molar-refractivity contribution in [2.75, 3.05) is 0 Å². The number of hydrogen-bond donors (Lipinski definition) is 1. The van der Waals surface area contributed by atoms with Gasteiger partial charge in [-0.2, -0.15) is 23.8 Å². The highest BCUT2D eigenvalue weighted by molar-refractivity contribution is 7.11. The molecule has 15 heavy (non-hydrogen) atoms. The molecule has 3 heteroatoms. The van der Waals surface area contributed by atoms with E-state index in [1.54, 1.807) is 11.3 Å². The first-order valence-corrected chi connectivity index (χ1v) is 5.93. The standard InChI is InChI=1S/C12H15N2S/c1-9-7-14-12(15-9)10(2)13-8-11-5-3-4-6-11/h3-7,10,13H,8H2,1-2H3/q-1. The van der Waals surface area contributed by atoms with Crippen LogP contribution in [0.15, 0.2) is 30.5 Å². The Bertz CT molecular complexity index is 403. The van der Waals surface area contributed by atoms with Gasteiger partial charge in [0, 0.05) is 11.1 Å². The van der Waals surface area contributed by atoms with Gasteiger partial charge in [-0.25, -0.2) is 11.1 Å². The van der Waals surface area contributed by atoms with E-state index in [4.69, 9.17) is 0 Å². The van der Waals surface area contributed by atoms with Gasteiger partial charge in [0.2, 0.25) is 0 Å². The quantitative estimate of drug-likeness (QED) is 0.800. The first-order valence-electron chi connectivity index (χ1n) is 5.12. The topological polar surface area (TPSA) is 24.9 Å². The Kier molecular flexibility index (Phi) is 3.23. The molecule has 0 bridgehead atoms. The van der Waals surface area contributed by atoms with Gasteiger partial charge in [0.15, 0.2) is 0 Å². The first-order chi connectivity index (χ1) is 7.25. The summed E-state index contributed by atoms with van der Waals surface area (Å²) in [6, 6.07) is 8.72. The van der Waals surface area contributed by atoms with Crippen molar-refractivity contribution in [2.45, 2.75) is 26.4 Å². The maximum absolute atomic E-state index is 4.37. The van der Waals surface area contributed by atoms with Crippen molar-refractivity contribution in [1.29, 1.82) is 0 Å². The van der Waals surface area contributed by atoms with Crippen LogP contribution in [0.3, 0.4) is 0 Å².